The lowest BCUT2D eigenvalue weighted by molar-refractivity contribution is 0.0240. The van der Waals surface area contributed by atoms with E-state index in [0.29, 0.717) is 48.6 Å². The fraction of sp³-hybridized carbons (Fsp3) is 0.360. The maximum Gasteiger partial charge on any atom is 0.410 e. The molecule has 0 aromatic carbocycles. The van der Waals surface area contributed by atoms with Gasteiger partial charge in [-0.05, 0) is 32.9 Å². The Kier molecular flexibility index (Phi) is 5.80. The molecule has 1 aliphatic heterocycles. The predicted octanol–water partition coefficient (Wildman–Crippen LogP) is 3.12. The molecule has 0 radical (unpaired) electrons. The summed E-state index contributed by atoms with van der Waals surface area (Å²) in [4.78, 5) is 25.8. The lowest BCUT2D eigenvalue weighted by atomic mass is 10.1. The number of nitrogens with zero attached hydrogens (tertiary/aromatic N) is 9. The van der Waals surface area contributed by atoms with Crippen LogP contribution < -0.4 is 4.90 Å². The highest BCUT2D eigenvalue weighted by atomic mass is 16.6. The molecule has 0 N–H and O–H groups in total. The highest BCUT2D eigenvalue weighted by Crippen LogP contribution is 2.29. The van der Waals surface area contributed by atoms with Crippen molar-refractivity contribution in [1.82, 2.24) is 34.3 Å². The molecule has 5 heterocycles. The Morgan fingerprint density at radius 3 is 2.42 bits per heavy atom. The largest absolute Gasteiger partial charge is 0.444 e. The highest BCUT2D eigenvalue weighted by molar-refractivity contribution is 5.83. The van der Waals surface area contributed by atoms with Gasteiger partial charge in [0.05, 0.1) is 30.0 Å². The first-order valence-corrected chi connectivity index (χ1v) is 11.7. The van der Waals surface area contributed by atoms with E-state index in [0.717, 1.165) is 16.9 Å². The number of hydrogen-bond donors (Lipinski definition) is 0. The molecule has 4 aromatic rings. The summed E-state index contributed by atoms with van der Waals surface area (Å²) in [6.45, 7) is 8.05. The van der Waals surface area contributed by atoms with Crippen LogP contribution in [0.1, 0.15) is 26.3 Å². The average Bonchev–Trinajstić information content (AvgIpc) is 3.48. The van der Waals surface area contributed by atoms with E-state index in [1.807, 2.05) is 46.1 Å². The van der Waals surface area contributed by atoms with E-state index in [1.54, 1.807) is 38.9 Å². The van der Waals surface area contributed by atoms with E-state index in [1.165, 1.54) is 0 Å². The van der Waals surface area contributed by atoms with Crippen LogP contribution in [0.25, 0.3) is 28.0 Å². The molecular formula is C25H27N9O2. The fourth-order valence-electron chi connectivity index (χ4n) is 4.15. The molecule has 4 aromatic heterocycles. The fourth-order valence-corrected chi connectivity index (χ4v) is 4.15. The molecule has 0 unspecified atom stereocenters. The van der Waals surface area contributed by atoms with E-state index < -0.39 is 5.60 Å². The molecule has 1 aliphatic rings. The van der Waals surface area contributed by atoms with Gasteiger partial charge in [0.2, 0.25) is 0 Å². The van der Waals surface area contributed by atoms with Crippen molar-refractivity contribution in [3.8, 4) is 28.6 Å². The molecule has 0 aliphatic carbocycles. The average molecular weight is 486 g/mol. The van der Waals surface area contributed by atoms with Crippen molar-refractivity contribution in [1.29, 1.82) is 5.26 Å². The van der Waals surface area contributed by atoms with Crippen LogP contribution in [0.15, 0.2) is 43.1 Å². The zero-order valence-electron chi connectivity index (χ0n) is 20.7. The minimum absolute atomic E-state index is 0.289. The molecule has 1 amide bonds. The number of aromatic nitrogens is 6. The molecule has 0 spiro atoms. The molecule has 0 bridgehead atoms. The van der Waals surface area contributed by atoms with Crippen molar-refractivity contribution < 1.29 is 9.53 Å². The molecule has 1 fully saturated rings. The topological polar surface area (TPSA) is 117 Å². The quantitative estimate of drug-likeness (QED) is 0.434. The van der Waals surface area contributed by atoms with Gasteiger partial charge in [-0.15, -0.1) is 0 Å². The minimum Gasteiger partial charge on any atom is -0.444 e. The van der Waals surface area contributed by atoms with E-state index in [-0.39, 0.29) is 6.09 Å². The SMILES string of the molecule is Cn1cc(-c2cn3ncc(C#N)c3c(-c3ccc(N4CCN(C(=O)OC(C)(C)C)CC4)nc3)n2)cn1. The first-order valence-electron chi connectivity index (χ1n) is 11.7. The van der Waals surface area contributed by atoms with Gasteiger partial charge in [0, 0.05) is 56.7 Å². The number of fused-ring (bicyclic) bond motifs is 1. The first-order chi connectivity index (χ1) is 17.2. The van der Waals surface area contributed by atoms with Crippen LogP contribution in [0.4, 0.5) is 10.6 Å². The van der Waals surface area contributed by atoms with Gasteiger partial charge in [0.15, 0.2) is 0 Å². The van der Waals surface area contributed by atoms with Crippen LogP contribution in [-0.4, -0.2) is 72.1 Å². The standard InChI is InChI=1S/C25H27N9O2/c1-25(2,3)36-24(35)33-9-7-32(8-10-33)21-6-5-17(12-27-21)22-23-18(11-26)13-29-34(23)16-20(30-22)19-14-28-31(4)15-19/h5-6,12-16H,7-10H2,1-4H3. The highest BCUT2D eigenvalue weighted by Gasteiger charge is 2.26. The number of carbonyl (C=O) groups excluding carboxylic acids is 1. The van der Waals surface area contributed by atoms with Gasteiger partial charge in [-0.25, -0.2) is 19.3 Å². The van der Waals surface area contributed by atoms with Crippen LogP contribution in [0.3, 0.4) is 0 Å². The van der Waals surface area contributed by atoms with E-state index in [4.69, 9.17) is 9.72 Å². The Labute approximate surface area is 208 Å². The zero-order chi connectivity index (χ0) is 25.4. The lowest BCUT2D eigenvalue weighted by Crippen LogP contribution is -2.50. The number of rotatable bonds is 3. The Morgan fingerprint density at radius 2 is 1.81 bits per heavy atom. The van der Waals surface area contributed by atoms with Gasteiger partial charge < -0.3 is 14.5 Å². The van der Waals surface area contributed by atoms with E-state index >= 15 is 0 Å². The smallest absolute Gasteiger partial charge is 0.410 e. The second kappa shape index (κ2) is 8.96. The molecule has 1 saturated heterocycles. The Morgan fingerprint density at radius 1 is 1.03 bits per heavy atom. The van der Waals surface area contributed by atoms with Gasteiger partial charge >= 0.3 is 6.09 Å². The summed E-state index contributed by atoms with van der Waals surface area (Å²) >= 11 is 0. The van der Waals surface area contributed by atoms with E-state index in [2.05, 4.69) is 26.2 Å². The van der Waals surface area contributed by atoms with Gasteiger partial charge in [0.25, 0.3) is 0 Å². The molecule has 36 heavy (non-hydrogen) atoms. The monoisotopic (exact) mass is 485 g/mol. The molecule has 11 heteroatoms. The van der Waals surface area contributed by atoms with Crippen molar-refractivity contribution in [2.75, 3.05) is 31.1 Å². The van der Waals surface area contributed by atoms with Crippen molar-refractivity contribution in [3.63, 3.8) is 0 Å². The number of pyridine rings is 1. The minimum atomic E-state index is -0.514. The Hall–Kier alpha value is -4.46. The number of carbonyl (C=O) groups is 1. The molecule has 11 nitrogen and oxygen atoms in total. The molecule has 0 saturated carbocycles. The second-order valence-electron chi connectivity index (χ2n) is 9.70. The lowest BCUT2D eigenvalue weighted by Gasteiger charge is -2.36. The number of nitriles is 1. The Balaban J connectivity index is 1.40. The normalized spacial score (nSPS) is 14.2. The third-order valence-corrected chi connectivity index (χ3v) is 5.89. The summed E-state index contributed by atoms with van der Waals surface area (Å²) in [5.41, 5.74) is 3.50. The van der Waals surface area contributed by atoms with Crippen molar-refractivity contribution in [3.05, 3.63) is 48.7 Å². The summed E-state index contributed by atoms with van der Waals surface area (Å²) in [6.07, 6.45) is 8.43. The third kappa shape index (κ3) is 4.57. The van der Waals surface area contributed by atoms with Crippen LogP contribution in [0.2, 0.25) is 0 Å². The van der Waals surface area contributed by atoms with Crippen LogP contribution in [0, 0.1) is 11.3 Å². The summed E-state index contributed by atoms with van der Waals surface area (Å²) < 4.78 is 8.87. The first kappa shape index (κ1) is 23.3. The molecule has 5 rings (SSSR count). The second-order valence-corrected chi connectivity index (χ2v) is 9.70. The number of piperazine rings is 1. The number of anilines is 1. The zero-order valence-corrected chi connectivity index (χ0v) is 20.7. The summed E-state index contributed by atoms with van der Waals surface area (Å²) in [5.74, 6) is 0.816. The number of aryl methyl sites for hydroxylation is 1. The summed E-state index contributed by atoms with van der Waals surface area (Å²) in [5, 5.41) is 18.2. The van der Waals surface area contributed by atoms with Gasteiger partial charge in [-0.1, -0.05) is 0 Å². The predicted molar refractivity (Wildman–Crippen MR) is 133 cm³/mol. The van der Waals surface area contributed by atoms with Crippen molar-refractivity contribution in [2.24, 2.45) is 7.05 Å². The van der Waals surface area contributed by atoms with Crippen LogP contribution >= 0.6 is 0 Å². The number of ether oxygens (including phenoxy) is 1. The third-order valence-electron chi connectivity index (χ3n) is 5.89. The van der Waals surface area contributed by atoms with Crippen molar-refractivity contribution >= 4 is 17.4 Å². The number of hydrogen-bond acceptors (Lipinski definition) is 8. The van der Waals surface area contributed by atoms with Crippen LogP contribution in [0.5, 0.6) is 0 Å². The van der Waals surface area contributed by atoms with Gasteiger partial charge in [-0.3, -0.25) is 4.68 Å². The van der Waals surface area contributed by atoms with Crippen molar-refractivity contribution in [2.45, 2.75) is 26.4 Å². The molecular weight excluding hydrogens is 458 g/mol. The van der Waals surface area contributed by atoms with E-state index in [9.17, 15) is 10.1 Å². The number of amides is 1. The van der Waals surface area contributed by atoms with Gasteiger partial charge in [-0.2, -0.15) is 15.5 Å². The summed E-state index contributed by atoms with van der Waals surface area (Å²) in [6, 6.07) is 6.09. The molecule has 0 atom stereocenters. The van der Waals surface area contributed by atoms with Gasteiger partial charge in [0.1, 0.15) is 28.6 Å². The van der Waals surface area contributed by atoms with Crippen LogP contribution in [-0.2, 0) is 11.8 Å². The maximum absolute atomic E-state index is 12.4. The Bertz CT molecular complexity index is 1450. The molecule has 184 valence electrons. The summed E-state index contributed by atoms with van der Waals surface area (Å²) in [7, 11) is 1.85. The maximum atomic E-state index is 12.4.